The van der Waals surface area contributed by atoms with Gasteiger partial charge in [-0.05, 0) is 29.2 Å². The molecule has 0 amide bonds. The van der Waals surface area contributed by atoms with Gasteiger partial charge in [0.2, 0.25) is 0 Å². The van der Waals surface area contributed by atoms with Crippen LogP contribution in [-0.4, -0.2) is 0 Å². The van der Waals surface area contributed by atoms with E-state index >= 15 is 0 Å². The molecule has 0 radical (unpaired) electrons. The molecule has 0 aliphatic rings. The zero-order valence-electron chi connectivity index (χ0n) is 12.0. The van der Waals surface area contributed by atoms with Crippen LogP contribution in [0.25, 0.3) is 0 Å². The summed E-state index contributed by atoms with van der Waals surface area (Å²) < 4.78 is 0. The summed E-state index contributed by atoms with van der Waals surface area (Å²) in [5.41, 5.74) is 3.52. The minimum atomic E-state index is 0.0311. The molecule has 2 rings (SSSR count). The number of hydrogen-bond donors (Lipinski definition) is 1. The van der Waals surface area contributed by atoms with Crippen LogP contribution in [0.3, 0.4) is 0 Å². The number of nitriles is 1. The fraction of sp³-hybridized carbons (Fsp3) is 0.278. The molecule has 0 aliphatic heterocycles. The third-order valence-corrected chi connectivity index (χ3v) is 3.39. The maximum atomic E-state index is 9.03. The minimum Gasteiger partial charge on any atom is -0.377 e. The zero-order chi connectivity index (χ0) is 14.4. The molecule has 2 aromatic carbocycles. The van der Waals surface area contributed by atoms with Crippen molar-refractivity contribution in [2.45, 2.75) is 32.2 Å². The summed E-state index contributed by atoms with van der Waals surface area (Å²) in [7, 11) is 0. The molecule has 0 saturated carbocycles. The first-order valence-electron chi connectivity index (χ1n) is 6.99. The van der Waals surface area contributed by atoms with Crippen LogP contribution in [0.15, 0.2) is 54.6 Å². The van der Waals surface area contributed by atoms with Gasteiger partial charge in [-0.25, -0.2) is 0 Å². The number of nitrogens with zero attached hydrogens (tertiary/aromatic N) is 1. The topological polar surface area (TPSA) is 35.8 Å². The monoisotopic (exact) mass is 264 g/mol. The fourth-order valence-corrected chi connectivity index (χ4v) is 2.22. The minimum absolute atomic E-state index is 0.0311. The van der Waals surface area contributed by atoms with E-state index in [1.807, 2.05) is 18.2 Å². The summed E-state index contributed by atoms with van der Waals surface area (Å²) >= 11 is 0. The first-order chi connectivity index (χ1) is 9.70. The third-order valence-electron chi connectivity index (χ3n) is 3.39. The lowest BCUT2D eigenvalue weighted by Gasteiger charge is -2.18. The van der Waals surface area contributed by atoms with Gasteiger partial charge in [-0.3, -0.25) is 0 Å². The summed E-state index contributed by atoms with van der Waals surface area (Å²) in [5, 5.41) is 12.5. The van der Waals surface area contributed by atoms with E-state index in [-0.39, 0.29) is 6.04 Å². The Labute approximate surface area is 121 Å². The van der Waals surface area contributed by atoms with Crippen LogP contribution in [-0.2, 0) is 0 Å². The largest absolute Gasteiger partial charge is 0.377 e. The molecular formula is C18H20N2. The fourth-order valence-electron chi connectivity index (χ4n) is 2.22. The van der Waals surface area contributed by atoms with E-state index in [0.29, 0.717) is 12.3 Å². The van der Waals surface area contributed by atoms with Gasteiger partial charge in [0.15, 0.2) is 0 Å². The summed E-state index contributed by atoms with van der Waals surface area (Å²) in [5.74, 6) is 0.503. The maximum Gasteiger partial charge on any atom is 0.0647 e. The Morgan fingerprint density at radius 1 is 1.00 bits per heavy atom. The van der Waals surface area contributed by atoms with Gasteiger partial charge in [0.25, 0.3) is 0 Å². The Kier molecular flexibility index (Phi) is 4.79. The summed E-state index contributed by atoms with van der Waals surface area (Å²) in [6, 6.07) is 20.8. The number of benzene rings is 2. The lowest BCUT2D eigenvalue weighted by Crippen LogP contribution is -2.10. The maximum absolute atomic E-state index is 9.03. The molecule has 0 aliphatic carbocycles. The van der Waals surface area contributed by atoms with Crippen LogP contribution in [0, 0.1) is 11.3 Å². The smallest absolute Gasteiger partial charge is 0.0647 e. The molecule has 1 unspecified atom stereocenters. The van der Waals surface area contributed by atoms with Crippen LogP contribution >= 0.6 is 0 Å². The molecule has 20 heavy (non-hydrogen) atoms. The lowest BCUT2D eigenvalue weighted by atomic mass is 10.0. The van der Waals surface area contributed by atoms with Crippen molar-refractivity contribution in [3.63, 3.8) is 0 Å². The Morgan fingerprint density at radius 2 is 1.70 bits per heavy atom. The van der Waals surface area contributed by atoms with Crippen LogP contribution < -0.4 is 5.32 Å². The van der Waals surface area contributed by atoms with Gasteiger partial charge >= 0.3 is 0 Å². The van der Waals surface area contributed by atoms with Crippen molar-refractivity contribution in [3.8, 4) is 6.07 Å². The molecule has 102 valence electrons. The Bertz CT molecular complexity index is 582. The molecular weight excluding hydrogens is 244 g/mol. The van der Waals surface area contributed by atoms with Gasteiger partial charge in [0.05, 0.1) is 18.5 Å². The molecule has 0 fully saturated rings. The number of rotatable bonds is 5. The van der Waals surface area contributed by atoms with Crippen molar-refractivity contribution >= 4 is 5.69 Å². The van der Waals surface area contributed by atoms with E-state index in [1.165, 1.54) is 5.56 Å². The quantitative estimate of drug-likeness (QED) is 0.835. The van der Waals surface area contributed by atoms with Crippen molar-refractivity contribution < 1.29 is 0 Å². The van der Waals surface area contributed by atoms with Crippen LogP contribution in [0.1, 0.15) is 43.4 Å². The highest BCUT2D eigenvalue weighted by Gasteiger charge is 2.11. The second kappa shape index (κ2) is 6.77. The van der Waals surface area contributed by atoms with Gasteiger partial charge in [-0.15, -0.1) is 0 Å². The highest BCUT2D eigenvalue weighted by Crippen LogP contribution is 2.24. The van der Waals surface area contributed by atoms with Gasteiger partial charge in [-0.2, -0.15) is 5.26 Å². The third kappa shape index (κ3) is 3.61. The summed E-state index contributed by atoms with van der Waals surface area (Å²) in [6.45, 7) is 4.37. The zero-order valence-corrected chi connectivity index (χ0v) is 12.0. The number of anilines is 1. The van der Waals surface area contributed by atoms with Gasteiger partial charge in [-0.1, -0.05) is 56.3 Å². The normalized spacial score (nSPS) is 11.9. The highest BCUT2D eigenvalue weighted by molar-refractivity contribution is 5.48. The van der Waals surface area contributed by atoms with Crippen LogP contribution in [0.2, 0.25) is 0 Å². The lowest BCUT2D eigenvalue weighted by molar-refractivity contribution is 0.803. The van der Waals surface area contributed by atoms with Gasteiger partial charge in [0.1, 0.15) is 0 Å². The second-order valence-electron chi connectivity index (χ2n) is 5.25. The van der Waals surface area contributed by atoms with E-state index in [2.05, 4.69) is 61.6 Å². The molecule has 1 atom stereocenters. The predicted molar refractivity (Wildman–Crippen MR) is 83.6 cm³/mol. The molecule has 0 saturated heterocycles. The van der Waals surface area contributed by atoms with Gasteiger partial charge < -0.3 is 5.32 Å². The van der Waals surface area contributed by atoms with E-state index in [1.54, 1.807) is 0 Å². The first-order valence-corrected chi connectivity index (χ1v) is 6.99. The van der Waals surface area contributed by atoms with E-state index in [9.17, 15) is 0 Å². The standard InChI is InChI=1S/C18H20N2/c1-14(2)16-9-6-10-17(13-16)20-18(11-12-19)15-7-4-3-5-8-15/h3-10,13-14,18,20H,11H2,1-2H3. The Morgan fingerprint density at radius 3 is 2.35 bits per heavy atom. The van der Waals surface area contributed by atoms with Crippen molar-refractivity contribution in [1.82, 2.24) is 0 Å². The highest BCUT2D eigenvalue weighted by atomic mass is 14.9. The van der Waals surface area contributed by atoms with Crippen LogP contribution in [0.4, 0.5) is 5.69 Å². The SMILES string of the molecule is CC(C)c1cccc(NC(CC#N)c2ccccc2)c1. The molecule has 1 N–H and O–H groups in total. The Hall–Kier alpha value is -2.27. The predicted octanol–water partition coefficient (Wildman–Crippen LogP) is 4.88. The second-order valence-corrected chi connectivity index (χ2v) is 5.25. The molecule has 0 spiro atoms. The summed E-state index contributed by atoms with van der Waals surface area (Å²) in [6.07, 6.45) is 0.454. The van der Waals surface area contributed by atoms with E-state index in [4.69, 9.17) is 5.26 Å². The van der Waals surface area contributed by atoms with Gasteiger partial charge in [0, 0.05) is 5.69 Å². The van der Waals surface area contributed by atoms with Crippen molar-refractivity contribution in [2.75, 3.05) is 5.32 Å². The first kappa shape index (κ1) is 14.1. The number of nitrogens with one attached hydrogen (secondary N) is 1. The molecule has 0 heterocycles. The van der Waals surface area contributed by atoms with Crippen molar-refractivity contribution in [2.24, 2.45) is 0 Å². The average Bonchev–Trinajstić information content (AvgIpc) is 2.48. The van der Waals surface area contributed by atoms with E-state index in [0.717, 1.165) is 11.3 Å². The Balaban J connectivity index is 2.21. The molecule has 0 aromatic heterocycles. The average molecular weight is 264 g/mol. The van der Waals surface area contributed by atoms with E-state index < -0.39 is 0 Å². The number of hydrogen-bond acceptors (Lipinski definition) is 2. The van der Waals surface area contributed by atoms with Crippen LogP contribution in [0.5, 0.6) is 0 Å². The summed E-state index contributed by atoms with van der Waals surface area (Å²) in [4.78, 5) is 0. The van der Waals surface area contributed by atoms with Crippen molar-refractivity contribution in [3.05, 3.63) is 65.7 Å². The molecule has 2 heteroatoms. The molecule has 2 nitrogen and oxygen atoms in total. The molecule has 0 bridgehead atoms. The van der Waals surface area contributed by atoms with Crippen molar-refractivity contribution in [1.29, 1.82) is 5.26 Å². The molecule has 2 aromatic rings.